The lowest BCUT2D eigenvalue weighted by Gasteiger charge is -2.39. The highest BCUT2D eigenvalue weighted by Gasteiger charge is 2.63. The molecule has 1 aromatic carbocycles. The van der Waals surface area contributed by atoms with E-state index in [4.69, 9.17) is 0 Å². The molecule has 3 nitrogen and oxygen atoms in total. The van der Waals surface area contributed by atoms with E-state index in [2.05, 4.69) is 3.63 Å². The van der Waals surface area contributed by atoms with Gasteiger partial charge in [0.15, 0.2) is 0 Å². The summed E-state index contributed by atoms with van der Waals surface area (Å²) in [7, 11) is -11.3. The molecule has 0 aliphatic carbocycles. The lowest BCUT2D eigenvalue weighted by atomic mass is 10.1. The van der Waals surface area contributed by atoms with Crippen LogP contribution in [0.25, 0.3) is 6.08 Å². The molecule has 25 heavy (non-hydrogen) atoms. The molecule has 2 rings (SSSR count). The summed E-state index contributed by atoms with van der Waals surface area (Å²) in [6.45, 7) is 3.14. The van der Waals surface area contributed by atoms with Gasteiger partial charge in [0.1, 0.15) is 0 Å². The lowest BCUT2D eigenvalue weighted by molar-refractivity contribution is -0.0546. The quantitative estimate of drug-likeness (QED) is 0.480. The Kier molecular flexibility index (Phi) is 4.99. The summed E-state index contributed by atoms with van der Waals surface area (Å²) in [5.41, 5.74) is -10.7. The molecule has 0 radical (unpaired) electrons. The molecule has 142 valence electrons. The topological polar surface area (TPSA) is 43.4 Å². The number of allylic oxidation sites excluding steroid dienone is 1. The predicted octanol–water partition coefficient (Wildman–Crippen LogP) is 5.61. The summed E-state index contributed by atoms with van der Waals surface area (Å²) in [4.78, 5) is -1.07. The van der Waals surface area contributed by atoms with Crippen molar-refractivity contribution < 1.29 is 38.4 Å². The van der Waals surface area contributed by atoms with Crippen molar-refractivity contribution in [3.8, 4) is 0 Å². The maximum absolute atomic E-state index is 13.9. The average Bonchev–Trinajstić information content (AvgIpc) is 2.71. The van der Waals surface area contributed by atoms with Crippen LogP contribution in [0.5, 0.6) is 0 Å². The van der Waals surface area contributed by atoms with Gasteiger partial charge >= 0.3 is 21.1 Å². The van der Waals surface area contributed by atoms with Crippen molar-refractivity contribution in [2.75, 3.05) is 0 Å². The minimum atomic E-state index is -6.45. The van der Waals surface area contributed by atoms with E-state index in [0.29, 0.717) is 5.56 Å². The fourth-order valence-corrected chi connectivity index (χ4v) is 7.13. The largest absolute Gasteiger partial charge is 0.523 e. The number of alkyl halides is 6. The number of hydrogen-bond donors (Lipinski definition) is 0. The van der Waals surface area contributed by atoms with Crippen LogP contribution in [0.15, 0.2) is 28.0 Å². The zero-order valence-corrected chi connectivity index (χ0v) is 14.7. The molecule has 1 aromatic rings. The summed E-state index contributed by atoms with van der Waals surface area (Å²) >= 11 is 0. The highest BCUT2D eigenvalue weighted by molar-refractivity contribution is 8.37. The highest BCUT2D eigenvalue weighted by Crippen LogP contribution is 2.78. The highest BCUT2D eigenvalue weighted by atomic mass is 32.3. The van der Waals surface area contributed by atoms with E-state index < -0.39 is 41.2 Å². The molecule has 1 aliphatic heterocycles. The molecule has 1 heterocycles. The maximum atomic E-state index is 13.9. The standard InChI is InChI=1S/C14H14F6O3S2/c1-3-4-11-8-10-7-9(2)5-6-12(10)24(11,13(15,16)17)23-25(21,22)14(18,19)20/h5-8H,3-4H2,1-2H3. The van der Waals surface area contributed by atoms with E-state index in [0.717, 1.165) is 12.1 Å². The summed E-state index contributed by atoms with van der Waals surface area (Å²) in [6, 6.07) is 3.62. The monoisotopic (exact) mass is 408 g/mol. The van der Waals surface area contributed by atoms with Crippen LogP contribution in [-0.2, 0) is 13.7 Å². The zero-order valence-electron chi connectivity index (χ0n) is 13.0. The third kappa shape index (κ3) is 3.28. The lowest BCUT2D eigenvalue weighted by Crippen LogP contribution is -2.32. The van der Waals surface area contributed by atoms with Gasteiger partial charge in [-0.3, -0.25) is 0 Å². The fraction of sp³-hybridized carbons (Fsp3) is 0.429. The molecule has 0 fully saturated rings. The van der Waals surface area contributed by atoms with Gasteiger partial charge in [0.25, 0.3) is 0 Å². The Hall–Kier alpha value is -1.20. The predicted molar refractivity (Wildman–Crippen MR) is 82.0 cm³/mol. The van der Waals surface area contributed by atoms with Crippen LogP contribution in [0.4, 0.5) is 26.3 Å². The van der Waals surface area contributed by atoms with E-state index in [1.807, 2.05) is 0 Å². The summed E-state index contributed by atoms with van der Waals surface area (Å²) < 4.78 is 107. The van der Waals surface area contributed by atoms with Gasteiger partial charge in [-0.05, 0) is 31.1 Å². The average molecular weight is 408 g/mol. The second-order valence-corrected chi connectivity index (χ2v) is 9.83. The van der Waals surface area contributed by atoms with Crippen molar-refractivity contribution in [3.63, 3.8) is 0 Å². The molecule has 0 spiro atoms. The molecular weight excluding hydrogens is 394 g/mol. The SMILES string of the molecule is CCCC1=Cc2cc(C)ccc2S1(OS(=O)(=O)C(F)(F)F)C(F)(F)F. The number of aryl methyl sites for hydroxylation is 1. The van der Waals surface area contributed by atoms with Gasteiger partial charge in [0.2, 0.25) is 0 Å². The van der Waals surface area contributed by atoms with Crippen molar-refractivity contribution in [1.29, 1.82) is 0 Å². The van der Waals surface area contributed by atoms with Gasteiger partial charge in [-0.15, -0.1) is 0 Å². The zero-order chi connectivity index (χ0) is 19.3. The summed E-state index contributed by atoms with van der Waals surface area (Å²) in [5, 5.41) is 0. The number of benzene rings is 1. The third-order valence-electron chi connectivity index (χ3n) is 3.46. The third-order valence-corrected chi connectivity index (χ3v) is 8.26. The van der Waals surface area contributed by atoms with Crippen molar-refractivity contribution in [3.05, 3.63) is 34.2 Å². The Balaban J connectivity index is 2.78. The molecule has 11 heteroatoms. The first kappa shape index (κ1) is 20.1. The Bertz CT molecular complexity index is 811. The molecule has 1 aliphatic rings. The van der Waals surface area contributed by atoms with Gasteiger partial charge in [-0.25, -0.2) is 0 Å². The van der Waals surface area contributed by atoms with Crippen LogP contribution in [0.3, 0.4) is 0 Å². The Morgan fingerprint density at radius 1 is 1.12 bits per heavy atom. The molecular formula is C14H14F6O3S2. The Morgan fingerprint density at radius 2 is 1.72 bits per heavy atom. The fourth-order valence-electron chi connectivity index (χ4n) is 2.47. The van der Waals surface area contributed by atoms with E-state index >= 15 is 0 Å². The van der Waals surface area contributed by atoms with Gasteiger partial charge in [-0.2, -0.15) is 38.4 Å². The van der Waals surface area contributed by atoms with Crippen LogP contribution in [0.2, 0.25) is 0 Å². The number of halogens is 6. The maximum Gasteiger partial charge on any atom is 0.523 e. The molecule has 1 unspecified atom stereocenters. The van der Waals surface area contributed by atoms with Crippen LogP contribution in [0, 0.1) is 6.92 Å². The smallest absolute Gasteiger partial charge is 0.196 e. The molecule has 0 saturated heterocycles. The normalized spacial score (nSPS) is 23.8. The first-order valence-electron chi connectivity index (χ1n) is 6.99. The minimum Gasteiger partial charge on any atom is -0.196 e. The van der Waals surface area contributed by atoms with E-state index in [9.17, 15) is 34.8 Å². The van der Waals surface area contributed by atoms with Crippen LogP contribution in [0.1, 0.15) is 30.9 Å². The van der Waals surface area contributed by atoms with Crippen molar-refractivity contribution in [2.24, 2.45) is 0 Å². The second-order valence-electron chi connectivity index (χ2n) is 5.37. The van der Waals surface area contributed by atoms with Gasteiger partial charge < -0.3 is 0 Å². The first-order valence-corrected chi connectivity index (χ1v) is 9.96. The van der Waals surface area contributed by atoms with E-state index in [1.54, 1.807) is 6.92 Å². The van der Waals surface area contributed by atoms with Crippen LogP contribution < -0.4 is 0 Å². The van der Waals surface area contributed by atoms with Crippen molar-refractivity contribution in [2.45, 2.75) is 42.6 Å². The second kappa shape index (κ2) is 6.20. The van der Waals surface area contributed by atoms with E-state index in [1.165, 1.54) is 19.1 Å². The molecule has 0 saturated carbocycles. The Morgan fingerprint density at radius 3 is 2.20 bits per heavy atom. The van der Waals surface area contributed by atoms with Gasteiger partial charge in [0.05, 0.1) is 0 Å². The van der Waals surface area contributed by atoms with Crippen LogP contribution >= 0.6 is 10.3 Å². The molecule has 0 aromatic heterocycles. The van der Waals surface area contributed by atoms with Gasteiger partial charge in [0, 0.05) is 20.1 Å². The molecule has 0 amide bonds. The van der Waals surface area contributed by atoms with Crippen molar-refractivity contribution in [1.82, 2.24) is 0 Å². The number of rotatable bonds is 4. The molecule has 0 N–H and O–H groups in total. The van der Waals surface area contributed by atoms with Crippen LogP contribution in [-0.4, -0.2) is 19.4 Å². The molecule has 1 atom stereocenters. The first-order chi connectivity index (χ1) is 11.3. The summed E-state index contributed by atoms with van der Waals surface area (Å²) in [5.74, 6) is 0. The summed E-state index contributed by atoms with van der Waals surface area (Å²) in [6.07, 6.45) is 1.02. The van der Waals surface area contributed by atoms with Crippen molar-refractivity contribution >= 4 is 26.5 Å². The number of fused-ring (bicyclic) bond motifs is 1. The molecule has 0 bridgehead atoms. The van der Waals surface area contributed by atoms with E-state index in [-0.39, 0.29) is 18.4 Å². The Labute approximate surface area is 142 Å². The minimum absolute atomic E-state index is 0.0214. The number of hydrogen-bond acceptors (Lipinski definition) is 3. The van der Waals surface area contributed by atoms with Gasteiger partial charge in [-0.1, -0.05) is 31.0 Å².